The molecule has 0 aromatic heterocycles. The maximum Gasteiger partial charge on any atom is 0.387 e. The molecule has 0 spiro atoms. The molecule has 0 heterocycles. The summed E-state index contributed by atoms with van der Waals surface area (Å²) in [6.45, 7) is -2.00. The molecule has 2 aromatic carbocycles. The Morgan fingerprint density at radius 2 is 1.74 bits per heavy atom. The van der Waals surface area contributed by atoms with E-state index in [1.165, 1.54) is 13.2 Å². The number of hydrogen-bond donors (Lipinski definition) is 2. The summed E-state index contributed by atoms with van der Waals surface area (Å²) in [5.74, 6) is 0.804. The lowest BCUT2D eigenvalue weighted by Crippen LogP contribution is -2.36. The van der Waals surface area contributed by atoms with E-state index in [9.17, 15) is 8.78 Å². The minimum atomic E-state index is -2.92. The molecule has 0 fully saturated rings. The van der Waals surface area contributed by atoms with Crippen LogP contribution in [0.5, 0.6) is 11.5 Å². The topological polar surface area (TPSA) is 54.9 Å². The lowest BCUT2D eigenvalue weighted by Gasteiger charge is -2.14. The Balaban J connectivity index is 0.00000364. The summed E-state index contributed by atoms with van der Waals surface area (Å²) >= 11 is 5.96. The van der Waals surface area contributed by atoms with Gasteiger partial charge in [0, 0.05) is 25.2 Å². The van der Waals surface area contributed by atoms with Crippen molar-refractivity contribution < 1.29 is 18.3 Å². The van der Waals surface area contributed by atoms with Gasteiger partial charge in [0.25, 0.3) is 0 Å². The third kappa shape index (κ3) is 7.76. The highest BCUT2D eigenvalue weighted by molar-refractivity contribution is 14.0. The molecule has 0 bridgehead atoms. The SMILES string of the molecule is CN=C(NCc1cccc(Cl)c1)NCc1ccc(OC)c(OC(F)F)c1.I. The molecule has 0 aliphatic heterocycles. The van der Waals surface area contributed by atoms with Crippen LogP contribution in [0, 0.1) is 0 Å². The Bertz CT molecular complexity index is 763. The van der Waals surface area contributed by atoms with E-state index >= 15 is 0 Å². The number of alkyl halides is 2. The Labute approximate surface area is 179 Å². The van der Waals surface area contributed by atoms with E-state index in [0.717, 1.165) is 11.1 Å². The second-order valence-corrected chi connectivity index (χ2v) is 5.71. The van der Waals surface area contributed by atoms with Gasteiger partial charge in [-0.15, -0.1) is 24.0 Å². The van der Waals surface area contributed by atoms with Crippen LogP contribution < -0.4 is 20.1 Å². The van der Waals surface area contributed by atoms with Crippen molar-refractivity contribution in [1.29, 1.82) is 0 Å². The summed E-state index contributed by atoms with van der Waals surface area (Å²) in [6.07, 6.45) is 0. The summed E-state index contributed by atoms with van der Waals surface area (Å²) in [4.78, 5) is 4.13. The van der Waals surface area contributed by atoms with Crippen LogP contribution in [-0.4, -0.2) is 26.7 Å². The zero-order chi connectivity index (χ0) is 18.9. The van der Waals surface area contributed by atoms with Crippen molar-refractivity contribution in [2.75, 3.05) is 14.2 Å². The van der Waals surface area contributed by atoms with Crippen LogP contribution in [0.2, 0.25) is 5.02 Å². The highest BCUT2D eigenvalue weighted by Gasteiger charge is 2.11. The van der Waals surface area contributed by atoms with Gasteiger partial charge in [-0.25, -0.2) is 0 Å². The molecule has 9 heteroatoms. The van der Waals surface area contributed by atoms with E-state index in [4.69, 9.17) is 16.3 Å². The van der Waals surface area contributed by atoms with Crippen LogP contribution >= 0.6 is 35.6 Å². The van der Waals surface area contributed by atoms with E-state index in [1.54, 1.807) is 25.2 Å². The molecular weight excluding hydrogens is 491 g/mol. The minimum Gasteiger partial charge on any atom is -0.493 e. The normalized spacial score (nSPS) is 11.0. The van der Waals surface area contributed by atoms with E-state index < -0.39 is 6.61 Å². The standard InChI is InChI=1S/C18H20ClF2N3O2.HI/c1-22-18(23-10-12-4-3-5-14(19)8-12)24-11-13-6-7-15(25-2)16(9-13)26-17(20)21;/h3-9,17H,10-11H2,1-2H3,(H2,22,23,24);1H. The quantitative estimate of drug-likeness (QED) is 0.328. The van der Waals surface area contributed by atoms with Crippen molar-refractivity contribution in [2.24, 2.45) is 4.99 Å². The van der Waals surface area contributed by atoms with Crippen molar-refractivity contribution >= 4 is 41.5 Å². The molecule has 0 atom stereocenters. The summed E-state index contributed by atoms with van der Waals surface area (Å²) in [7, 11) is 3.04. The minimum absolute atomic E-state index is 0. The third-order valence-corrected chi connectivity index (χ3v) is 3.71. The smallest absolute Gasteiger partial charge is 0.387 e. The number of rotatable bonds is 7. The number of nitrogens with one attached hydrogen (secondary N) is 2. The first-order valence-corrected chi connectivity index (χ1v) is 8.20. The maximum atomic E-state index is 12.5. The van der Waals surface area contributed by atoms with Gasteiger partial charge in [0.15, 0.2) is 17.5 Å². The van der Waals surface area contributed by atoms with E-state index in [-0.39, 0.29) is 35.5 Å². The lowest BCUT2D eigenvalue weighted by molar-refractivity contribution is -0.0512. The molecule has 0 unspecified atom stereocenters. The highest BCUT2D eigenvalue weighted by Crippen LogP contribution is 2.29. The van der Waals surface area contributed by atoms with Gasteiger partial charge < -0.3 is 20.1 Å². The van der Waals surface area contributed by atoms with Crippen LogP contribution in [0.15, 0.2) is 47.5 Å². The fourth-order valence-electron chi connectivity index (χ4n) is 2.26. The fourth-order valence-corrected chi connectivity index (χ4v) is 2.47. The van der Waals surface area contributed by atoms with Crippen LogP contribution in [0.4, 0.5) is 8.78 Å². The van der Waals surface area contributed by atoms with Gasteiger partial charge in [0.2, 0.25) is 0 Å². The second kappa shape index (κ2) is 11.8. The molecule has 148 valence electrons. The van der Waals surface area contributed by atoms with Gasteiger partial charge in [-0.3, -0.25) is 4.99 Å². The average Bonchev–Trinajstić information content (AvgIpc) is 2.61. The summed E-state index contributed by atoms with van der Waals surface area (Å²) in [5, 5.41) is 6.93. The number of nitrogens with zero attached hydrogens (tertiary/aromatic N) is 1. The fraction of sp³-hybridized carbons (Fsp3) is 0.278. The number of guanidine groups is 1. The molecule has 5 nitrogen and oxygen atoms in total. The van der Waals surface area contributed by atoms with Crippen LogP contribution in [-0.2, 0) is 13.1 Å². The summed E-state index contributed by atoms with van der Waals surface area (Å²) in [6, 6.07) is 12.3. The first-order valence-electron chi connectivity index (χ1n) is 7.82. The van der Waals surface area contributed by atoms with Crippen molar-refractivity contribution in [3.63, 3.8) is 0 Å². The number of methoxy groups -OCH3 is 1. The van der Waals surface area contributed by atoms with Crippen molar-refractivity contribution in [3.8, 4) is 11.5 Å². The highest BCUT2D eigenvalue weighted by atomic mass is 127. The largest absolute Gasteiger partial charge is 0.493 e. The molecule has 27 heavy (non-hydrogen) atoms. The Hall–Kier alpha value is -1.81. The van der Waals surface area contributed by atoms with E-state index in [0.29, 0.717) is 24.1 Å². The number of benzene rings is 2. The molecule has 0 saturated heterocycles. The first kappa shape index (κ1) is 23.2. The van der Waals surface area contributed by atoms with Gasteiger partial charge in [-0.05, 0) is 35.4 Å². The van der Waals surface area contributed by atoms with Gasteiger partial charge in [-0.1, -0.05) is 29.8 Å². The predicted octanol–water partition coefficient (Wildman–Crippen LogP) is 4.43. The molecule has 0 radical (unpaired) electrons. The maximum absolute atomic E-state index is 12.5. The van der Waals surface area contributed by atoms with Crippen LogP contribution in [0.3, 0.4) is 0 Å². The summed E-state index contributed by atoms with van der Waals surface area (Å²) < 4.78 is 34.5. The number of aliphatic imine (C=N–C) groups is 1. The molecule has 2 N–H and O–H groups in total. The van der Waals surface area contributed by atoms with Crippen molar-refractivity contribution in [3.05, 3.63) is 58.6 Å². The first-order chi connectivity index (χ1) is 12.5. The van der Waals surface area contributed by atoms with E-state index in [2.05, 4.69) is 20.4 Å². The Kier molecular flexibility index (Phi) is 10.2. The Morgan fingerprint density at radius 1 is 1.07 bits per heavy atom. The molecule has 0 aliphatic carbocycles. The number of halogens is 4. The lowest BCUT2D eigenvalue weighted by atomic mass is 10.2. The van der Waals surface area contributed by atoms with E-state index in [1.807, 2.05) is 18.2 Å². The summed E-state index contributed by atoms with van der Waals surface area (Å²) in [5.41, 5.74) is 1.75. The van der Waals surface area contributed by atoms with Gasteiger partial charge in [0.1, 0.15) is 0 Å². The van der Waals surface area contributed by atoms with Gasteiger partial charge in [0.05, 0.1) is 7.11 Å². The molecular formula is C18H21ClF2IN3O2. The number of ether oxygens (including phenoxy) is 2. The third-order valence-electron chi connectivity index (χ3n) is 3.48. The zero-order valence-corrected chi connectivity index (χ0v) is 17.9. The van der Waals surface area contributed by atoms with Crippen molar-refractivity contribution in [1.82, 2.24) is 10.6 Å². The van der Waals surface area contributed by atoms with Gasteiger partial charge >= 0.3 is 6.61 Å². The van der Waals surface area contributed by atoms with Crippen molar-refractivity contribution in [2.45, 2.75) is 19.7 Å². The molecule has 0 aliphatic rings. The molecule has 2 rings (SSSR count). The molecule has 2 aromatic rings. The second-order valence-electron chi connectivity index (χ2n) is 5.27. The molecule has 0 saturated carbocycles. The monoisotopic (exact) mass is 511 g/mol. The Morgan fingerprint density at radius 3 is 2.30 bits per heavy atom. The van der Waals surface area contributed by atoms with Crippen LogP contribution in [0.1, 0.15) is 11.1 Å². The van der Waals surface area contributed by atoms with Crippen LogP contribution in [0.25, 0.3) is 0 Å². The van der Waals surface area contributed by atoms with Gasteiger partial charge in [-0.2, -0.15) is 8.78 Å². The predicted molar refractivity (Wildman–Crippen MR) is 114 cm³/mol. The zero-order valence-electron chi connectivity index (χ0n) is 14.8. The number of hydrogen-bond acceptors (Lipinski definition) is 3. The average molecular weight is 512 g/mol. The molecule has 0 amide bonds.